The molecule has 1 aliphatic heterocycles. The lowest BCUT2D eigenvalue weighted by Crippen LogP contribution is -2.65. The summed E-state index contributed by atoms with van der Waals surface area (Å²) in [5, 5.41) is 18.0. The highest BCUT2D eigenvalue weighted by Gasteiger charge is 2.49. The van der Waals surface area contributed by atoms with Crippen LogP contribution in [-0.2, 0) is 4.79 Å². The summed E-state index contributed by atoms with van der Waals surface area (Å²) in [6.07, 6.45) is 1.52. The molecular formula is C24H33ClN5O2+. The minimum atomic E-state index is -0.602. The van der Waals surface area contributed by atoms with Crippen LogP contribution in [0.15, 0.2) is 30.6 Å². The second-order valence-electron chi connectivity index (χ2n) is 9.32. The molecule has 1 amide bonds. The van der Waals surface area contributed by atoms with Crippen LogP contribution in [0.3, 0.4) is 0 Å². The zero-order valence-electron chi connectivity index (χ0n) is 19.0. The number of aliphatic hydroxyl groups excluding tert-OH is 1. The number of nitrogens with one attached hydrogen (secondary N) is 2. The van der Waals surface area contributed by atoms with Crippen molar-refractivity contribution in [2.45, 2.75) is 51.2 Å². The Labute approximate surface area is 194 Å². The maximum absolute atomic E-state index is 14.5. The first kappa shape index (κ1) is 23.3. The molecule has 1 aromatic carbocycles. The van der Waals surface area contributed by atoms with Gasteiger partial charge >= 0.3 is 5.91 Å². The van der Waals surface area contributed by atoms with Crippen LogP contribution in [-0.4, -0.2) is 59.7 Å². The third kappa shape index (κ3) is 4.32. The van der Waals surface area contributed by atoms with Crippen LogP contribution in [0, 0.1) is 0 Å². The van der Waals surface area contributed by atoms with E-state index in [1.165, 1.54) is 6.33 Å². The molecule has 172 valence electrons. The van der Waals surface area contributed by atoms with Crippen LogP contribution in [0.2, 0.25) is 5.02 Å². The molecule has 3 atom stereocenters. The molecule has 0 saturated carbocycles. The molecule has 8 heteroatoms. The van der Waals surface area contributed by atoms with Gasteiger partial charge in [0.05, 0.1) is 17.4 Å². The van der Waals surface area contributed by atoms with Gasteiger partial charge in [0, 0.05) is 30.7 Å². The number of aliphatic hydroxyl groups is 1. The molecule has 2 aromatic rings. The molecule has 7 nitrogen and oxygen atoms in total. The zero-order chi connectivity index (χ0) is 22.9. The number of hydrogen-bond acceptors (Lipinski definition) is 6. The van der Waals surface area contributed by atoms with E-state index in [1.807, 2.05) is 24.3 Å². The van der Waals surface area contributed by atoms with Crippen molar-refractivity contribution in [3.05, 3.63) is 52.4 Å². The van der Waals surface area contributed by atoms with Crippen LogP contribution in [0.1, 0.15) is 62.0 Å². The third-order valence-corrected chi connectivity index (χ3v) is 7.00. The molecular weight excluding hydrogens is 426 g/mol. The Hall–Kier alpha value is -1.90. The molecule has 0 radical (unpaired) electrons. The lowest BCUT2D eigenvalue weighted by molar-refractivity contribution is -0.132. The highest BCUT2D eigenvalue weighted by Crippen LogP contribution is 2.45. The Morgan fingerprint density at radius 2 is 1.94 bits per heavy atom. The molecule has 32 heavy (non-hydrogen) atoms. The van der Waals surface area contributed by atoms with Crippen molar-refractivity contribution >= 4 is 23.3 Å². The van der Waals surface area contributed by atoms with Crippen LogP contribution < -0.4 is 15.1 Å². The average molecular weight is 459 g/mol. The normalized spacial score (nSPS) is 23.2. The maximum atomic E-state index is 14.5. The molecule has 1 saturated heterocycles. The first-order valence-corrected chi connectivity index (χ1v) is 11.9. The van der Waals surface area contributed by atoms with Crippen molar-refractivity contribution in [1.82, 2.24) is 25.1 Å². The quantitative estimate of drug-likeness (QED) is 0.577. The highest BCUT2D eigenvalue weighted by molar-refractivity contribution is 6.30. The van der Waals surface area contributed by atoms with Gasteiger partial charge in [0.2, 0.25) is 5.82 Å². The number of quaternary nitrogens is 1. The largest absolute Gasteiger partial charge is 0.387 e. The Morgan fingerprint density at radius 1 is 1.25 bits per heavy atom. The van der Waals surface area contributed by atoms with E-state index < -0.39 is 6.10 Å². The SMILES string of the molecule is CC(C)NC[C@@H](C(=O)[N+]1(c2ncnc3c2[C@H](C)C[C@H]3O)CCNCC1)c1ccc(Cl)cc1. The summed E-state index contributed by atoms with van der Waals surface area (Å²) in [7, 11) is 0. The summed E-state index contributed by atoms with van der Waals surface area (Å²) in [6, 6.07) is 7.84. The number of nitrogens with zero attached hydrogens (tertiary/aromatic N) is 3. The van der Waals surface area contributed by atoms with Gasteiger partial charge in [-0.05, 0) is 30.0 Å². The van der Waals surface area contributed by atoms with Gasteiger partial charge in [-0.25, -0.2) is 14.3 Å². The molecule has 4 rings (SSSR count). The van der Waals surface area contributed by atoms with E-state index in [1.54, 1.807) is 0 Å². The van der Waals surface area contributed by atoms with E-state index in [-0.39, 0.29) is 28.3 Å². The number of carbonyl (C=O) groups excluding carboxylic acids is 1. The lowest BCUT2D eigenvalue weighted by atomic mass is 9.94. The number of hydrogen-bond donors (Lipinski definition) is 3. The van der Waals surface area contributed by atoms with Crippen molar-refractivity contribution < 1.29 is 9.90 Å². The van der Waals surface area contributed by atoms with Gasteiger partial charge in [0.25, 0.3) is 0 Å². The molecule has 1 fully saturated rings. The third-order valence-electron chi connectivity index (χ3n) is 6.75. The number of amides is 1. The first-order valence-electron chi connectivity index (χ1n) is 11.5. The Kier molecular flexibility index (Phi) is 6.93. The van der Waals surface area contributed by atoms with E-state index >= 15 is 0 Å². The highest BCUT2D eigenvalue weighted by atomic mass is 35.5. The van der Waals surface area contributed by atoms with Crippen molar-refractivity contribution in [3.63, 3.8) is 0 Å². The average Bonchev–Trinajstić information content (AvgIpc) is 3.09. The summed E-state index contributed by atoms with van der Waals surface area (Å²) in [5.41, 5.74) is 2.57. The number of carbonyl (C=O) groups is 1. The molecule has 0 spiro atoms. The van der Waals surface area contributed by atoms with Crippen molar-refractivity contribution in [1.29, 1.82) is 0 Å². The van der Waals surface area contributed by atoms with Crippen LogP contribution in [0.25, 0.3) is 0 Å². The first-order chi connectivity index (χ1) is 15.3. The Balaban J connectivity index is 1.81. The standard InChI is InChI=1S/C24H33ClN5O2/c1-15(2)27-13-19(17-4-6-18(25)7-5-17)24(32)30(10-8-26-9-11-30)23-21-16(3)12-20(31)22(21)28-14-29-23/h4-7,14-16,19-20,26-27,31H,8-13H2,1-3H3/q+1/t16-,19-,20-/m1/s1. The van der Waals surface area contributed by atoms with Crippen molar-refractivity contribution in [2.75, 3.05) is 32.7 Å². The minimum Gasteiger partial charge on any atom is -0.387 e. The Bertz CT molecular complexity index is 959. The predicted molar refractivity (Wildman–Crippen MR) is 127 cm³/mol. The van der Waals surface area contributed by atoms with E-state index in [0.29, 0.717) is 36.8 Å². The fourth-order valence-corrected chi connectivity index (χ4v) is 5.18. The predicted octanol–water partition coefficient (Wildman–Crippen LogP) is 2.89. The summed E-state index contributed by atoms with van der Waals surface area (Å²) in [6.45, 7) is 9.49. The lowest BCUT2D eigenvalue weighted by Gasteiger charge is -2.40. The monoisotopic (exact) mass is 458 g/mol. The molecule has 1 aromatic heterocycles. The number of halogens is 1. The summed E-state index contributed by atoms with van der Waals surface area (Å²) < 4.78 is 0.169. The van der Waals surface area contributed by atoms with Crippen LogP contribution in [0.4, 0.5) is 5.82 Å². The van der Waals surface area contributed by atoms with Gasteiger partial charge in [-0.15, -0.1) is 0 Å². The Morgan fingerprint density at radius 3 is 2.59 bits per heavy atom. The van der Waals surface area contributed by atoms with Crippen LogP contribution in [0.5, 0.6) is 0 Å². The fraction of sp³-hybridized carbons (Fsp3) is 0.542. The van der Waals surface area contributed by atoms with E-state index in [0.717, 1.165) is 30.0 Å². The molecule has 2 heterocycles. The maximum Gasteiger partial charge on any atom is 0.328 e. The second kappa shape index (κ2) is 9.53. The van der Waals surface area contributed by atoms with Gasteiger partial charge in [-0.3, -0.25) is 0 Å². The van der Waals surface area contributed by atoms with Gasteiger partial charge in [-0.1, -0.05) is 44.5 Å². The number of piperazine rings is 1. The van der Waals surface area contributed by atoms with Crippen LogP contribution >= 0.6 is 11.6 Å². The van der Waals surface area contributed by atoms with E-state index in [4.69, 9.17) is 16.6 Å². The van der Waals surface area contributed by atoms with Gasteiger partial charge in [0.1, 0.15) is 25.3 Å². The number of benzene rings is 1. The van der Waals surface area contributed by atoms with Crippen molar-refractivity contribution in [3.8, 4) is 0 Å². The molecule has 3 N–H and O–H groups in total. The summed E-state index contributed by atoms with van der Waals surface area (Å²) in [5.74, 6) is 0.641. The molecule has 0 bridgehead atoms. The smallest absolute Gasteiger partial charge is 0.328 e. The molecule has 1 aliphatic carbocycles. The van der Waals surface area contributed by atoms with Crippen molar-refractivity contribution in [2.24, 2.45) is 0 Å². The minimum absolute atomic E-state index is 0.108. The molecule has 0 unspecified atom stereocenters. The number of rotatable bonds is 6. The molecule has 2 aliphatic rings. The zero-order valence-corrected chi connectivity index (χ0v) is 19.8. The van der Waals surface area contributed by atoms with E-state index in [9.17, 15) is 9.90 Å². The number of aromatic nitrogens is 2. The van der Waals surface area contributed by atoms with E-state index in [2.05, 4.69) is 36.4 Å². The van der Waals surface area contributed by atoms with Gasteiger partial charge < -0.3 is 15.7 Å². The fourth-order valence-electron chi connectivity index (χ4n) is 5.05. The summed E-state index contributed by atoms with van der Waals surface area (Å²) in [4.78, 5) is 23.5. The second-order valence-corrected chi connectivity index (χ2v) is 9.76. The number of fused-ring (bicyclic) bond motifs is 1. The topological polar surface area (TPSA) is 87.1 Å². The van der Waals surface area contributed by atoms with Gasteiger partial charge in [0.15, 0.2) is 0 Å². The summed E-state index contributed by atoms with van der Waals surface area (Å²) >= 11 is 6.14. The van der Waals surface area contributed by atoms with Gasteiger partial charge in [-0.2, -0.15) is 4.98 Å².